The number of benzene rings is 1. The maximum absolute atomic E-state index is 11.8. The molecular weight excluding hydrogens is 336 g/mol. The summed E-state index contributed by atoms with van der Waals surface area (Å²) in [4.78, 5) is 11.8. The van der Waals surface area contributed by atoms with Gasteiger partial charge in [-0.1, -0.05) is 6.92 Å². The summed E-state index contributed by atoms with van der Waals surface area (Å²) in [6.07, 6.45) is 2.25. The third-order valence-electron chi connectivity index (χ3n) is 2.56. The van der Waals surface area contributed by atoms with E-state index in [4.69, 9.17) is 10.00 Å². The number of carbonyl (C=O) groups excluding carboxylic acids is 1. The van der Waals surface area contributed by atoms with Crippen molar-refractivity contribution in [3.8, 4) is 17.6 Å². The molecule has 0 atom stereocenters. The minimum atomic E-state index is -0.415. The van der Waals surface area contributed by atoms with Gasteiger partial charge in [-0.05, 0) is 53.0 Å². The van der Waals surface area contributed by atoms with Crippen LogP contribution in [0.3, 0.4) is 0 Å². The van der Waals surface area contributed by atoms with Gasteiger partial charge in [-0.15, -0.1) is 0 Å². The van der Waals surface area contributed by atoms with Gasteiger partial charge in [0.15, 0.2) is 11.5 Å². The van der Waals surface area contributed by atoms with Crippen LogP contribution in [0.4, 0.5) is 0 Å². The Morgan fingerprint density at radius 2 is 2.24 bits per heavy atom. The molecule has 0 aliphatic carbocycles. The summed E-state index contributed by atoms with van der Waals surface area (Å²) in [6, 6.07) is 5.07. The summed E-state index contributed by atoms with van der Waals surface area (Å²) < 4.78 is 5.74. The normalized spacial score (nSPS) is 10.9. The quantitative estimate of drug-likeness (QED) is 0.608. The molecule has 0 bridgehead atoms. The molecule has 6 heteroatoms. The topological polar surface area (TPSA) is 82.4 Å². The van der Waals surface area contributed by atoms with Gasteiger partial charge in [-0.25, -0.2) is 0 Å². The minimum absolute atomic E-state index is 0.00323. The van der Waals surface area contributed by atoms with Crippen molar-refractivity contribution in [2.24, 2.45) is 0 Å². The summed E-state index contributed by atoms with van der Waals surface area (Å²) in [5.74, 6) is -0.131. The maximum Gasteiger partial charge on any atom is 0.261 e. The first-order valence-corrected chi connectivity index (χ1v) is 7.38. The number of rotatable bonds is 6. The molecule has 0 heterocycles. The molecule has 0 fully saturated rings. The number of ether oxygens (including phenoxy) is 1. The van der Waals surface area contributed by atoms with Crippen LogP contribution in [0.25, 0.3) is 6.08 Å². The number of carbonyl (C=O) groups is 1. The molecule has 1 aromatic carbocycles. The molecule has 1 rings (SSSR count). The Labute approximate surface area is 132 Å². The Hall–Kier alpha value is -2.00. The second-order valence-corrected chi connectivity index (χ2v) is 5.06. The second kappa shape index (κ2) is 8.32. The molecule has 112 valence electrons. The lowest BCUT2D eigenvalue weighted by atomic mass is 10.1. The van der Waals surface area contributed by atoms with Gasteiger partial charge in [-0.3, -0.25) is 4.79 Å². The van der Waals surface area contributed by atoms with Crippen LogP contribution in [0, 0.1) is 11.3 Å². The fraction of sp³-hybridized carbons (Fsp3) is 0.333. The molecule has 0 unspecified atom stereocenters. The highest BCUT2D eigenvalue weighted by atomic mass is 79.9. The van der Waals surface area contributed by atoms with Gasteiger partial charge in [0, 0.05) is 6.54 Å². The number of nitrogens with zero attached hydrogens (tertiary/aromatic N) is 1. The number of aromatic hydroxyl groups is 1. The highest BCUT2D eigenvalue weighted by molar-refractivity contribution is 9.10. The largest absolute Gasteiger partial charge is 0.503 e. The van der Waals surface area contributed by atoms with E-state index >= 15 is 0 Å². The first-order valence-electron chi connectivity index (χ1n) is 6.58. The number of nitrogens with one attached hydrogen (secondary N) is 1. The van der Waals surface area contributed by atoms with E-state index in [1.807, 2.05) is 13.0 Å². The van der Waals surface area contributed by atoms with Crippen molar-refractivity contribution in [2.75, 3.05) is 13.2 Å². The van der Waals surface area contributed by atoms with Crippen LogP contribution < -0.4 is 10.1 Å². The summed E-state index contributed by atoms with van der Waals surface area (Å²) in [5, 5.41) is 21.6. The lowest BCUT2D eigenvalue weighted by molar-refractivity contribution is -0.117. The molecule has 1 amide bonds. The van der Waals surface area contributed by atoms with Crippen LogP contribution >= 0.6 is 15.9 Å². The van der Waals surface area contributed by atoms with Gasteiger partial charge in [0.1, 0.15) is 11.6 Å². The zero-order chi connectivity index (χ0) is 15.8. The van der Waals surface area contributed by atoms with E-state index in [0.29, 0.717) is 28.9 Å². The van der Waals surface area contributed by atoms with E-state index in [-0.39, 0.29) is 11.3 Å². The van der Waals surface area contributed by atoms with E-state index in [0.717, 1.165) is 6.42 Å². The van der Waals surface area contributed by atoms with Gasteiger partial charge in [0.2, 0.25) is 0 Å². The van der Waals surface area contributed by atoms with Gasteiger partial charge in [0.05, 0.1) is 11.1 Å². The third-order valence-corrected chi connectivity index (χ3v) is 3.17. The van der Waals surface area contributed by atoms with Crippen molar-refractivity contribution in [3.05, 3.63) is 27.7 Å². The van der Waals surface area contributed by atoms with Crippen LogP contribution in [0.15, 0.2) is 22.2 Å². The predicted molar refractivity (Wildman–Crippen MR) is 83.9 cm³/mol. The summed E-state index contributed by atoms with van der Waals surface area (Å²) in [7, 11) is 0. The summed E-state index contributed by atoms with van der Waals surface area (Å²) in [6.45, 7) is 4.65. The molecular formula is C15H17BrN2O3. The monoisotopic (exact) mass is 352 g/mol. The Balaban J connectivity index is 3.11. The fourth-order valence-electron chi connectivity index (χ4n) is 1.59. The Morgan fingerprint density at radius 1 is 1.52 bits per heavy atom. The number of nitriles is 1. The molecule has 0 aliphatic rings. The van der Waals surface area contributed by atoms with Gasteiger partial charge < -0.3 is 15.2 Å². The fourth-order valence-corrected chi connectivity index (χ4v) is 2.05. The molecule has 5 nitrogen and oxygen atoms in total. The molecule has 0 spiro atoms. The Bertz CT molecular complexity index is 591. The average molecular weight is 353 g/mol. The van der Waals surface area contributed by atoms with Crippen molar-refractivity contribution >= 4 is 27.9 Å². The highest BCUT2D eigenvalue weighted by Crippen LogP contribution is 2.36. The SMILES string of the molecule is CCCNC(=O)/C(C#N)=C\c1cc(Br)c(O)c(OCC)c1. The lowest BCUT2D eigenvalue weighted by Crippen LogP contribution is -2.25. The maximum atomic E-state index is 11.8. The van der Waals surface area contributed by atoms with E-state index in [1.165, 1.54) is 6.08 Å². The molecule has 21 heavy (non-hydrogen) atoms. The molecule has 2 N–H and O–H groups in total. The van der Waals surface area contributed by atoms with Gasteiger partial charge >= 0.3 is 0 Å². The first kappa shape index (κ1) is 17.1. The van der Waals surface area contributed by atoms with Gasteiger partial charge in [0.25, 0.3) is 5.91 Å². The lowest BCUT2D eigenvalue weighted by Gasteiger charge is -2.09. The van der Waals surface area contributed by atoms with Crippen LogP contribution in [0.1, 0.15) is 25.8 Å². The summed E-state index contributed by atoms with van der Waals surface area (Å²) in [5.41, 5.74) is 0.592. The first-order chi connectivity index (χ1) is 10.0. The van der Waals surface area contributed by atoms with Crippen molar-refractivity contribution in [3.63, 3.8) is 0 Å². The number of amides is 1. The average Bonchev–Trinajstić information content (AvgIpc) is 2.47. The van der Waals surface area contributed by atoms with Crippen LogP contribution in [-0.4, -0.2) is 24.2 Å². The second-order valence-electron chi connectivity index (χ2n) is 4.21. The minimum Gasteiger partial charge on any atom is -0.503 e. The zero-order valence-corrected chi connectivity index (χ0v) is 13.5. The number of hydrogen-bond donors (Lipinski definition) is 2. The molecule has 0 saturated heterocycles. The highest BCUT2D eigenvalue weighted by Gasteiger charge is 2.11. The molecule has 0 aliphatic heterocycles. The van der Waals surface area contributed by atoms with Crippen LogP contribution in [-0.2, 0) is 4.79 Å². The zero-order valence-electron chi connectivity index (χ0n) is 11.9. The third kappa shape index (κ3) is 4.80. The predicted octanol–water partition coefficient (Wildman–Crippen LogP) is 2.99. The number of phenols is 1. The molecule has 0 aromatic heterocycles. The van der Waals surface area contributed by atoms with Crippen LogP contribution in [0.2, 0.25) is 0 Å². The summed E-state index contributed by atoms with van der Waals surface area (Å²) >= 11 is 3.22. The number of hydrogen-bond acceptors (Lipinski definition) is 4. The van der Waals surface area contributed by atoms with Crippen molar-refractivity contribution in [1.29, 1.82) is 5.26 Å². The number of halogens is 1. The van der Waals surface area contributed by atoms with E-state index in [2.05, 4.69) is 21.2 Å². The molecule has 1 aromatic rings. The van der Waals surface area contributed by atoms with E-state index < -0.39 is 5.91 Å². The van der Waals surface area contributed by atoms with Crippen molar-refractivity contribution in [1.82, 2.24) is 5.32 Å². The Morgan fingerprint density at radius 3 is 2.81 bits per heavy atom. The standard InChI is InChI=1S/C15H17BrN2O3/c1-3-5-18-15(20)11(9-17)6-10-7-12(16)14(19)13(8-10)21-4-2/h6-8,19H,3-5H2,1-2H3,(H,18,20)/b11-6-. The number of phenolic OH excluding ortho intramolecular Hbond substituents is 1. The smallest absolute Gasteiger partial charge is 0.261 e. The van der Waals surface area contributed by atoms with E-state index in [1.54, 1.807) is 19.1 Å². The van der Waals surface area contributed by atoms with Gasteiger partial charge in [-0.2, -0.15) is 5.26 Å². The van der Waals surface area contributed by atoms with Crippen LogP contribution in [0.5, 0.6) is 11.5 Å². The van der Waals surface area contributed by atoms with Crippen molar-refractivity contribution < 1.29 is 14.6 Å². The Kier molecular flexibility index (Phi) is 6.76. The molecule has 0 saturated carbocycles. The van der Waals surface area contributed by atoms with Crippen molar-refractivity contribution in [2.45, 2.75) is 20.3 Å². The molecule has 0 radical (unpaired) electrons. The van der Waals surface area contributed by atoms with E-state index in [9.17, 15) is 9.90 Å².